The van der Waals surface area contributed by atoms with E-state index in [1.165, 1.54) is 21.5 Å². The highest BCUT2D eigenvalue weighted by atomic mass is 35.5. The predicted octanol–water partition coefficient (Wildman–Crippen LogP) is 2.13. The molecule has 1 fully saturated rings. The van der Waals surface area contributed by atoms with E-state index in [2.05, 4.69) is 10.2 Å². The average Bonchev–Trinajstić information content (AvgIpc) is 3.30. The zero-order valence-corrected chi connectivity index (χ0v) is 17.0. The molecule has 4 rings (SSSR count). The lowest BCUT2D eigenvalue weighted by atomic mass is 10.2. The van der Waals surface area contributed by atoms with E-state index in [1.54, 1.807) is 48.5 Å². The Morgan fingerprint density at radius 3 is 2.60 bits per heavy atom. The van der Waals surface area contributed by atoms with Crippen LogP contribution in [0.15, 0.2) is 53.6 Å². The summed E-state index contributed by atoms with van der Waals surface area (Å²) in [5.41, 5.74) is 0.456. The van der Waals surface area contributed by atoms with Crippen LogP contribution in [0.3, 0.4) is 0 Å². The van der Waals surface area contributed by atoms with Crippen LogP contribution in [-0.2, 0) is 4.79 Å². The highest BCUT2D eigenvalue weighted by Gasteiger charge is 2.27. The van der Waals surface area contributed by atoms with Gasteiger partial charge in [0.2, 0.25) is 5.91 Å². The zero-order chi connectivity index (χ0) is 21.3. The first-order valence-electron chi connectivity index (χ1n) is 9.53. The Morgan fingerprint density at radius 2 is 1.93 bits per heavy atom. The van der Waals surface area contributed by atoms with Gasteiger partial charge in [0.05, 0.1) is 5.02 Å². The maximum atomic E-state index is 13.4. The van der Waals surface area contributed by atoms with Gasteiger partial charge in [-0.3, -0.25) is 9.59 Å². The summed E-state index contributed by atoms with van der Waals surface area (Å²) in [6, 6.07) is 8.54. The van der Waals surface area contributed by atoms with Crippen LogP contribution in [0.25, 0.3) is 5.82 Å². The van der Waals surface area contributed by atoms with Crippen LogP contribution in [0, 0.1) is 5.82 Å². The van der Waals surface area contributed by atoms with E-state index in [-0.39, 0.29) is 16.5 Å². The Kier molecular flexibility index (Phi) is 5.54. The minimum atomic E-state index is -0.750. The standard InChI is InChI=1S/C20H20ClFN6O2/c1-14(28-19(29)6-5-18(24-28)27-8-2-7-23-27)20(30)26-11-9-25(10-12-26)15-3-4-17(22)16(21)13-15/h2-8,13-14H,9-12H2,1H3. The molecule has 1 aromatic carbocycles. The van der Waals surface area contributed by atoms with E-state index in [4.69, 9.17) is 11.6 Å². The molecule has 30 heavy (non-hydrogen) atoms. The van der Waals surface area contributed by atoms with E-state index in [9.17, 15) is 14.0 Å². The Bertz CT molecular complexity index is 1110. The number of carbonyl (C=O) groups excluding carboxylic acids is 1. The number of carbonyl (C=O) groups is 1. The summed E-state index contributed by atoms with van der Waals surface area (Å²) in [6.07, 6.45) is 3.32. The van der Waals surface area contributed by atoms with Crippen LogP contribution >= 0.6 is 11.6 Å². The fraction of sp³-hybridized carbons (Fsp3) is 0.300. The highest BCUT2D eigenvalue weighted by Crippen LogP contribution is 2.24. The van der Waals surface area contributed by atoms with Gasteiger partial charge in [0, 0.05) is 50.3 Å². The monoisotopic (exact) mass is 430 g/mol. The van der Waals surface area contributed by atoms with Gasteiger partial charge in [-0.15, -0.1) is 5.10 Å². The molecule has 1 unspecified atom stereocenters. The van der Waals surface area contributed by atoms with E-state index < -0.39 is 11.9 Å². The predicted molar refractivity (Wildman–Crippen MR) is 111 cm³/mol. The third kappa shape index (κ3) is 3.93. The molecule has 0 saturated carbocycles. The molecule has 3 aromatic rings. The van der Waals surface area contributed by atoms with Crippen molar-refractivity contribution in [2.75, 3.05) is 31.1 Å². The number of amides is 1. The second-order valence-corrected chi connectivity index (χ2v) is 7.42. The van der Waals surface area contributed by atoms with Crippen molar-refractivity contribution in [2.45, 2.75) is 13.0 Å². The number of halogens is 2. The van der Waals surface area contributed by atoms with Crippen molar-refractivity contribution in [3.05, 3.63) is 70.0 Å². The van der Waals surface area contributed by atoms with Crippen LogP contribution in [0.1, 0.15) is 13.0 Å². The molecular weight excluding hydrogens is 411 g/mol. The maximum Gasteiger partial charge on any atom is 0.267 e. The third-order valence-electron chi connectivity index (χ3n) is 5.13. The Morgan fingerprint density at radius 1 is 1.17 bits per heavy atom. The lowest BCUT2D eigenvalue weighted by Gasteiger charge is -2.37. The van der Waals surface area contributed by atoms with Crippen molar-refractivity contribution in [1.29, 1.82) is 0 Å². The fourth-order valence-corrected chi connectivity index (χ4v) is 3.63. The van der Waals surface area contributed by atoms with E-state index >= 15 is 0 Å². The number of aromatic nitrogens is 4. The van der Waals surface area contributed by atoms with Crippen LogP contribution in [-0.4, -0.2) is 56.5 Å². The van der Waals surface area contributed by atoms with Gasteiger partial charge in [-0.2, -0.15) is 5.10 Å². The Labute approximate surface area is 177 Å². The third-order valence-corrected chi connectivity index (χ3v) is 5.42. The smallest absolute Gasteiger partial charge is 0.267 e. The molecule has 0 radical (unpaired) electrons. The number of anilines is 1. The largest absolute Gasteiger partial charge is 0.368 e. The summed E-state index contributed by atoms with van der Waals surface area (Å²) >= 11 is 5.87. The average molecular weight is 431 g/mol. The molecule has 1 aliphatic rings. The summed E-state index contributed by atoms with van der Waals surface area (Å²) in [5.74, 6) is -0.186. The molecular formula is C20H20ClFN6O2. The number of hydrogen-bond acceptors (Lipinski definition) is 5. The molecule has 8 nitrogen and oxygen atoms in total. The number of hydrogen-bond donors (Lipinski definition) is 0. The molecule has 156 valence electrons. The first kappa shape index (κ1) is 20.1. The van der Waals surface area contributed by atoms with Gasteiger partial charge in [-0.25, -0.2) is 13.8 Å². The van der Waals surface area contributed by atoms with Gasteiger partial charge in [0.25, 0.3) is 5.56 Å². The first-order valence-corrected chi connectivity index (χ1v) is 9.90. The fourth-order valence-electron chi connectivity index (χ4n) is 3.45. The Hall–Kier alpha value is -3.20. The van der Waals surface area contributed by atoms with Crippen LogP contribution < -0.4 is 10.5 Å². The van der Waals surface area contributed by atoms with Gasteiger partial charge in [-0.05, 0) is 37.3 Å². The number of benzene rings is 1. The van der Waals surface area contributed by atoms with Crippen molar-refractivity contribution < 1.29 is 9.18 Å². The van der Waals surface area contributed by atoms with Crippen LogP contribution in [0.2, 0.25) is 5.02 Å². The first-order chi connectivity index (χ1) is 14.4. The highest BCUT2D eigenvalue weighted by molar-refractivity contribution is 6.31. The number of rotatable bonds is 4. The molecule has 2 aromatic heterocycles. The summed E-state index contributed by atoms with van der Waals surface area (Å²) in [6.45, 7) is 3.78. The molecule has 0 aliphatic carbocycles. The second-order valence-electron chi connectivity index (χ2n) is 7.01. The van der Waals surface area contributed by atoms with Crippen LogP contribution in [0.4, 0.5) is 10.1 Å². The molecule has 0 spiro atoms. The molecule has 1 atom stereocenters. The minimum absolute atomic E-state index is 0.0714. The molecule has 1 amide bonds. The topological polar surface area (TPSA) is 76.3 Å². The van der Waals surface area contributed by atoms with Crippen molar-refractivity contribution >= 4 is 23.2 Å². The maximum absolute atomic E-state index is 13.4. The van der Waals surface area contributed by atoms with Crippen molar-refractivity contribution in [2.24, 2.45) is 0 Å². The molecule has 0 N–H and O–H groups in total. The van der Waals surface area contributed by atoms with Crippen LogP contribution in [0.5, 0.6) is 0 Å². The van der Waals surface area contributed by atoms with E-state index in [0.717, 1.165) is 5.69 Å². The zero-order valence-electron chi connectivity index (χ0n) is 16.3. The summed E-state index contributed by atoms with van der Waals surface area (Å²) in [5, 5.41) is 8.48. The van der Waals surface area contributed by atoms with Gasteiger partial charge in [-0.1, -0.05) is 11.6 Å². The summed E-state index contributed by atoms with van der Waals surface area (Å²) < 4.78 is 16.1. The molecule has 0 bridgehead atoms. The Balaban J connectivity index is 1.46. The minimum Gasteiger partial charge on any atom is -0.368 e. The normalized spacial score (nSPS) is 15.3. The van der Waals surface area contributed by atoms with Gasteiger partial charge in [0.15, 0.2) is 5.82 Å². The van der Waals surface area contributed by atoms with Crippen molar-refractivity contribution in [1.82, 2.24) is 24.5 Å². The summed E-state index contributed by atoms with van der Waals surface area (Å²) in [7, 11) is 0. The van der Waals surface area contributed by atoms with Crippen molar-refractivity contribution in [3.8, 4) is 5.82 Å². The molecule has 1 aliphatic heterocycles. The molecule has 10 heteroatoms. The van der Waals surface area contributed by atoms with Gasteiger partial charge < -0.3 is 9.80 Å². The molecule has 3 heterocycles. The lowest BCUT2D eigenvalue weighted by Crippen LogP contribution is -2.51. The van der Waals surface area contributed by atoms with E-state index in [1.807, 2.05) is 4.90 Å². The van der Waals surface area contributed by atoms with Gasteiger partial charge >= 0.3 is 0 Å². The number of piperazine rings is 1. The lowest BCUT2D eigenvalue weighted by molar-refractivity contribution is -0.135. The SMILES string of the molecule is CC(C(=O)N1CCN(c2ccc(F)c(Cl)c2)CC1)n1nc(-n2cccn2)ccc1=O. The van der Waals surface area contributed by atoms with Crippen molar-refractivity contribution in [3.63, 3.8) is 0 Å². The molecule has 1 saturated heterocycles. The van der Waals surface area contributed by atoms with Gasteiger partial charge in [0.1, 0.15) is 11.9 Å². The quantitative estimate of drug-likeness (QED) is 0.633. The second kappa shape index (κ2) is 8.27. The summed E-state index contributed by atoms with van der Waals surface area (Å²) in [4.78, 5) is 29.1. The number of nitrogens with zero attached hydrogens (tertiary/aromatic N) is 6. The van der Waals surface area contributed by atoms with E-state index in [0.29, 0.717) is 32.0 Å².